The number of carbonyl (C=O) groups is 1. The minimum atomic E-state index is -4.64. The summed E-state index contributed by atoms with van der Waals surface area (Å²) in [6.07, 6.45) is -3.21. The van der Waals surface area contributed by atoms with Crippen molar-refractivity contribution in [1.82, 2.24) is 9.78 Å². The van der Waals surface area contributed by atoms with Crippen molar-refractivity contribution >= 4 is 17.3 Å². The molecule has 0 bridgehead atoms. The average Bonchev–Trinajstić information content (AvgIpc) is 3.11. The predicted molar refractivity (Wildman–Crippen MR) is 79.8 cm³/mol. The van der Waals surface area contributed by atoms with Gasteiger partial charge in [0.2, 0.25) is 0 Å². The van der Waals surface area contributed by atoms with Crippen LogP contribution in [0, 0.1) is 0 Å². The van der Waals surface area contributed by atoms with Crippen LogP contribution in [-0.2, 0) is 18.0 Å². The van der Waals surface area contributed by atoms with Crippen LogP contribution >= 0.6 is 0 Å². The number of benzene rings is 1. The van der Waals surface area contributed by atoms with E-state index in [9.17, 15) is 18.0 Å². The topological polar surface area (TPSA) is 59.7 Å². The lowest BCUT2D eigenvalue weighted by Gasteiger charge is -2.19. The molecule has 2 aromatic rings. The van der Waals surface area contributed by atoms with Crippen molar-refractivity contribution < 1.29 is 22.7 Å². The molecule has 0 aliphatic carbocycles. The maximum absolute atomic E-state index is 13.3. The van der Waals surface area contributed by atoms with Crippen molar-refractivity contribution in [2.45, 2.75) is 12.6 Å². The highest BCUT2D eigenvalue weighted by atomic mass is 19.4. The zero-order valence-corrected chi connectivity index (χ0v) is 12.8. The van der Waals surface area contributed by atoms with Gasteiger partial charge in [0, 0.05) is 13.2 Å². The van der Waals surface area contributed by atoms with Crippen molar-refractivity contribution in [3.63, 3.8) is 0 Å². The third kappa shape index (κ3) is 2.72. The molecular weight excluding hydrogens is 325 g/mol. The van der Waals surface area contributed by atoms with E-state index in [1.165, 1.54) is 30.1 Å². The summed E-state index contributed by atoms with van der Waals surface area (Å²) in [5.41, 5.74) is -0.368. The Kier molecular flexibility index (Phi) is 3.78. The molecule has 1 aliphatic rings. The Hall–Kier alpha value is -2.84. The number of nitrogens with zero attached hydrogens (tertiary/aromatic N) is 4. The number of aryl methyl sites for hydroxylation is 1. The number of aromatic nitrogens is 2. The summed E-state index contributed by atoms with van der Waals surface area (Å²) in [4.78, 5) is 12.2. The van der Waals surface area contributed by atoms with E-state index in [0.29, 0.717) is 11.4 Å². The number of amides is 1. The Bertz CT molecular complexity index is 826. The molecule has 0 atom stereocenters. The van der Waals surface area contributed by atoms with Gasteiger partial charge in [0.25, 0.3) is 5.91 Å². The van der Waals surface area contributed by atoms with Crippen LogP contribution in [0.4, 0.5) is 18.9 Å². The van der Waals surface area contributed by atoms with Gasteiger partial charge in [-0.25, -0.2) is 0 Å². The third-order valence-corrected chi connectivity index (χ3v) is 3.63. The summed E-state index contributed by atoms with van der Waals surface area (Å²) in [5.74, 6) is -0.490. The van der Waals surface area contributed by atoms with Crippen LogP contribution in [0.1, 0.15) is 17.7 Å². The number of hydrazone groups is 1. The van der Waals surface area contributed by atoms with Gasteiger partial charge in [0.05, 0.1) is 36.2 Å². The number of rotatable bonds is 3. The van der Waals surface area contributed by atoms with E-state index in [1.807, 2.05) is 0 Å². The molecule has 0 spiro atoms. The monoisotopic (exact) mass is 338 g/mol. The maximum atomic E-state index is 13.3. The highest BCUT2D eigenvalue weighted by Gasteiger charge is 2.38. The number of anilines is 1. The minimum Gasteiger partial charge on any atom is -0.497 e. The van der Waals surface area contributed by atoms with Crippen LogP contribution in [0.3, 0.4) is 0 Å². The van der Waals surface area contributed by atoms with Crippen LogP contribution < -0.4 is 9.75 Å². The molecule has 1 aromatic carbocycles. The number of halogens is 3. The van der Waals surface area contributed by atoms with E-state index in [2.05, 4.69) is 10.2 Å². The highest BCUT2D eigenvalue weighted by molar-refractivity contribution is 6.18. The predicted octanol–water partition coefficient (Wildman–Crippen LogP) is 2.59. The Morgan fingerprint density at radius 1 is 1.25 bits per heavy atom. The largest absolute Gasteiger partial charge is 0.497 e. The number of hydrogen-bond acceptors (Lipinski definition) is 4. The molecule has 6 nitrogen and oxygen atoms in total. The quantitative estimate of drug-likeness (QED) is 0.864. The fraction of sp³-hybridized carbons (Fsp3) is 0.267. The minimum absolute atomic E-state index is 0.0496. The first-order valence-corrected chi connectivity index (χ1v) is 6.95. The molecule has 0 unspecified atom stereocenters. The molecule has 2 heterocycles. The lowest BCUT2D eigenvalue weighted by Crippen LogP contribution is -2.23. The Morgan fingerprint density at radius 2 is 2.00 bits per heavy atom. The smallest absolute Gasteiger partial charge is 0.418 e. The van der Waals surface area contributed by atoms with Crippen LogP contribution in [0.5, 0.6) is 5.75 Å². The van der Waals surface area contributed by atoms with Crippen LogP contribution in [-0.4, -0.2) is 28.5 Å². The molecule has 0 saturated carbocycles. The lowest BCUT2D eigenvalue weighted by atomic mass is 10.1. The fourth-order valence-electron chi connectivity index (χ4n) is 2.47. The summed E-state index contributed by atoms with van der Waals surface area (Å²) in [6, 6.07) is 5.03. The van der Waals surface area contributed by atoms with Gasteiger partial charge in [-0.15, -0.1) is 0 Å². The van der Waals surface area contributed by atoms with Gasteiger partial charge >= 0.3 is 6.18 Å². The molecule has 126 valence electrons. The van der Waals surface area contributed by atoms with Crippen molar-refractivity contribution in [2.24, 2.45) is 12.1 Å². The SMILES string of the molecule is COc1ccc(N2N=C(c3ccnn3C)CC2=O)c(C(F)(F)F)c1. The zero-order valence-electron chi connectivity index (χ0n) is 12.8. The fourth-order valence-corrected chi connectivity index (χ4v) is 2.47. The Labute approximate surface area is 135 Å². The van der Waals surface area contributed by atoms with Gasteiger partial charge < -0.3 is 4.74 Å². The number of methoxy groups -OCH3 is 1. The molecule has 0 fully saturated rings. The van der Waals surface area contributed by atoms with E-state index in [1.54, 1.807) is 13.1 Å². The summed E-state index contributed by atoms with van der Waals surface area (Å²) in [6.45, 7) is 0. The standard InChI is InChI=1S/C15H13F3N4O2/c1-21-13(5-6-19-21)11-8-14(23)22(20-11)12-4-3-9(24-2)7-10(12)15(16,17)18/h3-7H,8H2,1-2H3. The first kappa shape index (κ1) is 16.0. The van der Waals surface area contributed by atoms with Crippen LogP contribution in [0.15, 0.2) is 35.6 Å². The third-order valence-electron chi connectivity index (χ3n) is 3.63. The van der Waals surface area contributed by atoms with Crippen LogP contribution in [0.2, 0.25) is 0 Å². The van der Waals surface area contributed by atoms with Crippen molar-refractivity contribution in [3.8, 4) is 5.75 Å². The van der Waals surface area contributed by atoms with Gasteiger partial charge in [-0.2, -0.15) is 28.4 Å². The average molecular weight is 338 g/mol. The normalized spacial score (nSPS) is 15.0. The van der Waals surface area contributed by atoms with Gasteiger partial charge in [0.1, 0.15) is 5.75 Å². The van der Waals surface area contributed by atoms with Crippen molar-refractivity contribution in [1.29, 1.82) is 0 Å². The Morgan fingerprint density at radius 3 is 2.58 bits per heavy atom. The summed E-state index contributed by atoms with van der Waals surface area (Å²) >= 11 is 0. The van der Waals surface area contributed by atoms with Crippen molar-refractivity contribution in [2.75, 3.05) is 12.1 Å². The molecule has 1 aliphatic heterocycles. The molecule has 0 saturated heterocycles. The van der Waals surface area contributed by atoms with Crippen LogP contribution in [0.25, 0.3) is 0 Å². The number of carbonyl (C=O) groups excluding carboxylic acids is 1. The highest BCUT2D eigenvalue weighted by Crippen LogP contribution is 2.40. The molecule has 0 N–H and O–H groups in total. The molecule has 1 amide bonds. The summed E-state index contributed by atoms with van der Waals surface area (Å²) < 4.78 is 46.3. The van der Waals surface area contributed by atoms with Gasteiger partial charge in [0.15, 0.2) is 0 Å². The van der Waals surface area contributed by atoms with Gasteiger partial charge in [-0.1, -0.05) is 0 Å². The van der Waals surface area contributed by atoms with E-state index in [0.717, 1.165) is 11.1 Å². The second-order valence-electron chi connectivity index (χ2n) is 5.15. The number of hydrogen-bond donors (Lipinski definition) is 0. The second-order valence-corrected chi connectivity index (χ2v) is 5.15. The molecular formula is C15H13F3N4O2. The van der Waals surface area contributed by atoms with Gasteiger partial charge in [-0.05, 0) is 24.3 Å². The number of ether oxygens (including phenoxy) is 1. The van der Waals surface area contributed by atoms with E-state index >= 15 is 0 Å². The van der Waals surface area contributed by atoms with E-state index in [-0.39, 0.29) is 17.9 Å². The lowest BCUT2D eigenvalue weighted by molar-refractivity contribution is -0.137. The van der Waals surface area contributed by atoms with E-state index in [4.69, 9.17) is 4.74 Å². The maximum Gasteiger partial charge on any atom is 0.418 e. The van der Waals surface area contributed by atoms with E-state index < -0.39 is 17.6 Å². The second kappa shape index (κ2) is 5.66. The number of alkyl halides is 3. The molecule has 0 radical (unpaired) electrons. The first-order chi connectivity index (χ1) is 11.3. The molecule has 9 heteroatoms. The summed E-state index contributed by atoms with van der Waals surface area (Å²) in [5, 5.41) is 8.83. The van der Waals surface area contributed by atoms with Gasteiger partial charge in [-0.3, -0.25) is 9.48 Å². The summed E-state index contributed by atoms with van der Waals surface area (Å²) in [7, 11) is 2.94. The Balaban J connectivity index is 2.07. The molecule has 1 aromatic heterocycles. The zero-order chi connectivity index (χ0) is 17.5. The first-order valence-electron chi connectivity index (χ1n) is 6.95. The molecule has 3 rings (SSSR count). The molecule has 24 heavy (non-hydrogen) atoms. The van der Waals surface area contributed by atoms with Crippen molar-refractivity contribution in [3.05, 3.63) is 41.7 Å².